The summed E-state index contributed by atoms with van der Waals surface area (Å²) in [6.45, 7) is 12.2. The van der Waals surface area contributed by atoms with E-state index in [2.05, 4.69) is 13.8 Å². The van der Waals surface area contributed by atoms with Crippen LogP contribution in [0.1, 0.15) is 41.0 Å². The summed E-state index contributed by atoms with van der Waals surface area (Å²) in [6, 6.07) is 0. The fraction of sp³-hybridized carbons (Fsp3) is 1.00. The average molecular weight is 220 g/mol. The van der Waals surface area contributed by atoms with Crippen LogP contribution in [0.15, 0.2) is 0 Å². The van der Waals surface area contributed by atoms with Crippen LogP contribution in [0, 0.1) is 0 Å². The highest BCUT2D eigenvalue weighted by molar-refractivity contribution is 6.62. The molecule has 0 aliphatic rings. The van der Waals surface area contributed by atoms with E-state index >= 15 is 0 Å². The lowest BCUT2D eigenvalue weighted by Crippen LogP contribution is -2.49. The molecular formula is C10H24O3Si. The predicted octanol–water partition coefficient (Wildman–Crippen LogP) is 2.83. The van der Waals surface area contributed by atoms with Gasteiger partial charge in [0.2, 0.25) is 0 Å². The largest absolute Gasteiger partial charge is 0.503 e. The van der Waals surface area contributed by atoms with Crippen molar-refractivity contribution >= 4 is 8.80 Å². The molecule has 0 aromatic rings. The van der Waals surface area contributed by atoms with Crippen LogP contribution < -0.4 is 0 Å². The summed E-state index contributed by atoms with van der Waals surface area (Å²) in [5.74, 6) is 0. The van der Waals surface area contributed by atoms with Gasteiger partial charge in [0, 0.05) is 25.4 Å². The third kappa shape index (κ3) is 3.69. The molecule has 0 aliphatic heterocycles. The van der Waals surface area contributed by atoms with Gasteiger partial charge in [0.25, 0.3) is 0 Å². The van der Waals surface area contributed by atoms with E-state index in [0.29, 0.717) is 25.4 Å². The van der Waals surface area contributed by atoms with Gasteiger partial charge in [-0.3, -0.25) is 0 Å². The molecule has 86 valence electrons. The lowest BCUT2D eigenvalue weighted by Gasteiger charge is -2.32. The van der Waals surface area contributed by atoms with Gasteiger partial charge >= 0.3 is 8.80 Å². The van der Waals surface area contributed by atoms with Crippen LogP contribution in [0.3, 0.4) is 0 Å². The predicted molar refractivity (Wildman–Crippen MR) is 60.3 cm³/mol. The Morgan fingerprint density at radius 1 is 0.857 bits per heavy atom. The third-order valence-electron chi connectivity index (χ3n) is 2.25. The van der Waals surface area contributed by atoms with Gasteiger partial charge in [-0.2, -0.15) is 0 Å². The highest BCUT2D eigenvalue weighted by Gasteiger charge is 2.45. The Morgan fingerprint density at radius 2 is 1.21 bits per heavy atom. The zero-order valence-corrected chi connectivity index (χ0v) is 11.1. The Balaban J connectivity index is 4.53. The third-order valence-corrected chi connectivity index (χ3v) is 5.94. The molecule has 14 heavy (non-hydrogen) atoms. The van der Waals surface area contributed by atoms with Crippen molar-refractivity contribution in [3.05, 3.63) is 0 Å². The van der Waals surface area contributed by atoms with E-state index in [1.54, 1.807) is 0 Å². The zero-order valence-electron chi connectivity index (χ0n) is 10.1. The average Bonchev–Trinajstić information content (AvgIpc) is 2.17. The van der Waals surface area contributed by atoms with Crippen LogP contribution >= 0.6 is 0 Å². The second-order valence-corrected chi connectivity index (χ2v) is 6.27. The molecule has 0 rings (SSSR count). The molecule has 0 amide bonds. The summed E-state index contributed by atoms with van der Waals surface area (Å²) in [4.78, 5) is 0. The van der Waals surface area contributed by atoms with E-state index in [0.717, 1.165) is 6.42 Å². The van der Waals surface area contributed by atoms with Crippen LogP contribution in [0.5, 0.6) is 0 Å². The minimum Gasteiger partial charge on any atom is -0.374 e. The second kappa shape index (κ2) is 7.40. The topological polar surface area (TPSA) is 27.7 Å². The van der Waals surface area contributed by atoms with E-state index < -0.39 is 8.80 Å². The van der Waals surface area contributed by atoms with E-state index in [4.69, 9.17) is 13.3 Å². The normalized spacial score (nSPS) is 14.4. The second-order valence-electron chi connectivity index (χ2n) is 3.21. The summed E-state index contributed by atoms with van der Waals surface area (Å²) in [5, 5.41) is 0. The smallest absolute Gasteiger partial charge is 0.374 e. The molecule has 0 saturated heterocycles. The van der Waals surface area contributed by atoms with Gasteiger partial charge in [0.15, 0.2) is 0 Å². The molecule has 3 nitrogen and oxygen atoms in total. The minimum atomic E-state index is -2.40. The van der Waals surface area contributed by atoms with Gasteiger partial charge in [-0.1, -0.05) is 13.8 Å². The maximum Gasteiger partial charge on any atom is 0.503 e. The lowest BCUT2D eigenvalue weighted by molar-refractivity contribution is 0.0620. The van der Waals surface area contributed by atoms with Crippen molar-refractivity contribution in [3.8, 4) is 0 Å². The summed E-state index contributed by atoms with van der Waals surface area (Å²) in [5.41, 5.74) is 0.377. The summed E-state index contributed by atoms with van der Waals surface area (Å²) < 4.78 is 17.3. The fourth-order valence-electron chi connectivity index (χ4n) is 1.41. The molecular weight excluding hydrogens is 196 g/mol. The monoisotopic (exact) mass is 220 g/mol. The molecule has 0 radical (unpaired) electrons. The molecule has 0 N–H and O–H groups in total. The van der Waals surface area contributed by atoms with Crippen LogP contribution in [-0.2, 0) is 13.3 Å². The molecule has 1 atom stereocenters. The van der Waals surface area contributed by atoms with Gasteiger partial charge in [0.05, 0.1) is 0 Å². The van der Waals surface area contributed by atoms with Gasteiger partial charge in [0.1, 0.15) is 0 Å². The highest BCUT2D eigenvalue weighted by atomic mass is 28.4. The summed E-state index contributed by atoms with van der Waals surface area (Å²) in [7, 11) is -2.40. The SMILES string of the molecule is CCO[Si](OCC)(OCC)C(C)CC. The first-order valence-corrected chi connectivity index (χ1v) is 7.38. The molecule has 0 fully saturated rings. The van der Waals surface area contributed by atoms with Crippen molar-refractivity contribution in [2.24, 2.45) is 0 Å². The van der Waals surface area contributed by atoms with Crippen molar-refractivity contribution in [1.29, 1.82) is 0 Å². The van der Waals surface area contributed by atoms with E-state index in [1.807, 2.05) is 20.8 Å². The maximum atomic E-state index is 5.76. The Kier molecular flexibility index (Phi) is 7.45. The number of hydrogen-bond acceptors (Lipinski definition) is 3. The summed E-state index contributed by atoms with van der Waals surface area (Å²) in [6.07, 6.45) is 1.03. The molecule has 0 bridgehead atoms. The van der Waals surface area contributed by atoms with Crippen molar-refractivity contribution in [3.63, 3.8) is 0 Å². The van der Waals surface area contributed by atoms with E-state index in [9.17, 15) is 0 Å². The van der Waals surface area contributed by atoms with Crippen LogP contribution in [0.4, 0.5) is 0 Å². The van der Waals surface area contributed by atoms with Gasteiger partial charge in [-0.25, -0.2) is 0 Å². The number of hydrogen-bond donors (Lipinski definition) is 0. The van der Waals surface area contributed by atoms with Crippen molar-refractivity contribution in [2.75, 3.05) is 19.8 Å². The maximum absolute atomic E-state index is 5.76. The molecule has 0 aromatic heterocycles. The zero-order chi connectivity index (χ0) is 11.0. The summed E-state index contributed by atoms with van der Waals surface area (Å²) >= 11 is 0. The first kappa shape index (κ1) is 14.1. The fourth-order valence-corrected chi connectivity index (χ4v) is 4.22. The van der Waals surface area contributed by atoms with Crippen molar-refractivity contribution in [1.82, 2.24) is 0 Å². The first-order chi connectivity index (χ1) is 6.66. The Morgan fingerprint density at radius 3 is 1.43 bits per heavy atom. The Bertz CT molecular complexity index is 124. The van der Waals surface area contributed by atoms with E-state index in [-0.39, 0.29) is 0 Å². The highest BCUT2D eigenvalue weighted by Crippen LogP contribution is 2.28. The van der Waals surface area contributed by atoms with Gasteiger partial charge < -0.3 is 13.3 Å². The first-order valence-electron chi connectivity index (χ1n) is 5.58. The van der Waals surface area contributed by atoms with Gasteiger partial charge in [-0.15, -0.1) is 0 Å². The molecule has 4 heteroatoms. The van der Waals surface area contributed by atoms with Crippen LogP contribution in [-0.4, -0.2) is 28.6 Å². The van der Waals surface area contributed by atoms with Crippen LogP contribution in [0.2, 0.25) is 5.54 Å². The van der Waals surface area contributed by atoms with E-state index in [1.165, 1.54) is 0 Å². The molecule has 0 aromatic carbocycles. The van der Waals surface area contributed by atoms with Crippen LogP contribution in [0.25, 0.3) is 0 Å². The lowest BCUT2D eigenvalue weighted by atomic mass is 10.4. The molecule has 0 heterocycles. The molecule has 1 unspecified atom stereocenters. The Labute approximate surface area is 89.1 Å². The molecule has 0 saturated carbocycles. The molecule has 0 aliphatic carbocycles. The van der Waals surface area contributed by atoms with Crippen molar-refractivity contribution in [2.45, 2.75) is 46.6 Å². The standard InChI is InChI=1S/C10H24O3Si/c1-6-10(5)14(11-7-2,12-8-3)13-9-4/h10H,6-9H2,1-5H3. The van der Waals surface area contributed by atoms with Gasteiger partial charge in [-0.05, 0) is 27.2 Å². The number of rotatable bonds is 8. The Hall–Kier alpha value is 0.0969. The molecule has 0 spiro atoms. The van der Waals surface area contributed by atoms with Crippen molar-refractivity contribution < 1.29 is 13.3 Å². The minimum absolute atomic E-state index is 0.377. The quantitative estimate of drug-likeness (QED) is 0.589.